The van der Waals surface area contributed by atoms with Gasteiger partial charge < -0.3 is 25.0 Å². The van der Waals surface area contributed by atoms with Crippen LogP contribution in [0.1, 0.15) is 32.5 Å². The molecule has 0 radical (unpaired) electrons. The average molecular weight is 505 g/mol. The highest BCUT2D eigenvalue weighted by atomic mass is 16.5. The third kappa shape index (κ3) is 4.43. The van der Waals surface area contributed by atoms with Crippen LogP contribution >= 0.6 is 0 Å². The second kappa shape index (κ2) is 9.27. The van der Waals surface area contributed by atoms with Gasteiger partial charge in [-0.2, -0.15) is 9.97 Å². The lowest BCUT2D eigenvalue weighted by Gasteiger charge is -2.37. The van der Waals surface area contributed by atoms with Crippen LogP contribution in [0, 0.1) is 5.92 Å². The highest BCUT2D eigenvalue weighted by Crippen LogP contribution is 2.31. The molecule has 3 aromatic heterocycles. The first-order chi connectivity index (χ1) is 17.8. The van der Waals surface area contributed by atoms with Gasteiger partial charge in [0.1, 0.15) is 11.6 Å². The number of piperidine rings is 1. The molecular weight excluding hydrogens is 468 g/mol. The van der Waals surface area contributed by atoms with Gasteiger partial charge in [-0.25, -0.2) is 4.98 Å². The highest BCUT2D eigenvalue weighted by Gasteiger charge is 2.31. The van der Waals surface area contributed by atoms with Gasteiger partial charge >= 0.3 is 0 Å². The molecule has 5 heterocycles. The van der Waals surface area contributed by atoms with Gasteiger partial charge in [-0.15, -0.1) is 0 Å². The molecule has 0 aliphatic carbocycles. The third-order valence-electron chi connectivity index (χ3n) is 7.98. The molecule has 1 aromatic carbocycles. The maximum atomic E-state index is 10.4. The first-order valence-electron chi connectivity index (χ1n) is 13.2. The topological polar surface area (TPSA) is 110 Å². The fraction of sp³-hybridized carbons (Fsp3) is 0.519. The largest absolute Gasteiger partial charge is 0.390 e. The zero-order chi connectivity index (χ0) is 25.7. The fourth-order valence-electron chi connectivity index (χ4n) is 5.71. The molecule has 4 aromatic rings. The van der Waals surface area contributed by atoms with E-state index in [1.807, 2.05) is 55.8 Å². The number of nitrogens with two attached hydrogens (primary N) is 1. The lowest BCUT2D eigenvalue weighted by atomic mass is 9.83. The summed E-state index contributed by atoms with van der Waals surface area (Å²) in [5.41, 5.74) is 8.42. The van der Waals surface area contributed by atoms with Crippen molar-refractivity contribution in [3.05, 3.63) is 36.2 Å². The number of ether oxygens (including phenoxy) is 1. The lowest BCUT2D eigenvalue weighted by molar-refractivity contribution is -0.0139. The van der Waals surface area contributed by atoms with Gasteiger partial charge in [0.2, 0.25) is 5.95 Å². The number of benzene rings is 1. The average Bonchev–Trinajstić information content (AvgIpc) is 3.39. The molecular formula is C27H36N8O2. The molecule has 0 saturated carbocycles. The molecule has 2 saturated heterocycles. The minimum atomic E-state index is -0.631. The Bertz CT molecular complexity index is 1420. The Kier molecular flexibility index (Phi) is 6.05. The molecule has 2 fully saturated rings. The van der Waals surface area contributed by atoms with Gasteiger partial charge in [0.15, 0.2) is 17.0 Å². The summed E-state index contributed by atoms with van der Waals surface area (Å²) in [6.07, 6.45) is 1.97. The molecule has 0 bridgehead atoms. The number of likely N-dealkylation sites (tertiary alicyclic amines) is 1. The molecule has 196 valence electrons. The van der Waals surface area contributed by atoms with Crippen LogP contribution in [-0.4, -0.2) is 79.1 Å². The zero-order valence-corrected chi connectivity index (χ0v) is 21.9. The van der Waals surface area contributed by atoms with E-state index in [1.54, 1.807) is 0 Å². The number of hydrogen-bond acceptors (Lipinski definition) is 8. The Balaban J connectivity index is 1.40. The van der Waals surface area contributed by atoms with E-state index >= 15 is 0 Å². The lowest BCUT2D eigenvalue weighted by Crippen LogP contribution is -2.41. The maximum Gasteiger partial charge on any atom is 0.239 e. The first kappa shape index (κ1) is 24.1. The van der Waals surface area contributed by atoms with Crippen molar-refractivity contribution < 1.29 is 9.84 Å². The van der Waals surface area contributed by atoms with E-state index < -0.39 is 5.60 Å². The number of aliphatic hydroxyl groups is 1. The summed E-state index contributed by atoms with van der Waals surface area (Å²) >= 11 is 0. The molecule has 0 amide bonds. The number of nitrogen functional groups attached to an aromatic ring is 1. The van der Waals surface area contributed by atoms with Crippen molar-refractivity contribution in [3.8, 4) is 5.95 Å². The Morgan fingerprint density at radius 2 is 1.78 bits per heavy atom. The van der Waals surface area contributed by atoms with Crippen molar-refractivity contribution >= 4 is 33.7 Å². The molecule has 2 aliphatic heterocycles. The SMILES string of the molecule is Cn1c(CN2CCC(C(C)(C)O)CC2)nc2c(N3CCOCC3)nc(-n3c(N)cc4ccccc43)nc21. The summed E-state index contributed by atoms with van der Waals surface area (Å²) in [5, 5.41) is 11.5. The van der Waals surface area contributed by atoms with Crippen molar-refractivity contribution in [2.45, 2.75) is 38.8 Å². The van der Waals surface area contributed by atoms with Crippen LogP contribution < -0.4 is 10.6 Å². The monoisotopic (exact) mass is 504 g/mol. The molecule has 0 spiro atoms. The van der Waals surface area contributed by atoms with Crippen LogP contribution in [0.2, 0.25) is 0 Å². The number of hydrogen-bond donors (Lipinski definition) is 2. The minimum absolute atomic E-state index is 0.326. The first-order valence-corrected chi connectivity index (χ1v) is 13.2. The third-order valence-corrected chi connectivity index (χ3v) is 7.98. The Morgan fingerprint density at radius 1 is 1.05 bits per heavy atom. The number of anilines is 2. The van der Waals surface area contributed by atoms with E-state index in [4.69, 9.17) is 25.4 Å². The molecule has 2 aliphatic rings. The smallest absolute Gasteiger partial charge is 0.239 e. The molecule has 0 unspecified atom stereocenters. The van der Waals surface area contributed by atoms with E-state index in [1.165, 1.54) is 0 Å². The Labute approximate surface area is 216 Å². The molecule has 10 nitrogen and oxygen atoms in total. The predicted octanol–water partition coefficient (Wildman–Crippen LogP) is 2.71. The predicted molar refractivity (Wildman–Crippen MR) is 145 cm³/mol. The van der Waals surface area contributed by atoms with E-state index in [9.17, 15) is 5.11 Å². The number of morpholine rings is 1. The van der Waals surface area contributed by atoms with Gasteiger partial charge in [-0.1, -0.05) is 18.2 Å². The van der Waals surface area contributed by atoms with Crippen LogP contribution in [-0.2, 0) is 18.3 Å². The summed E-state index contributed by atoms with van der Waals surface area (Å²) < 4.78 is 9.63. The summed E-state index contributed by atoms with van der Waals surface area (Å²) in [7, 11) is 2.03. The summed E-state index contributed by atoms with van der Waals surface area (Å²) in [4.78, 5) is 19.8. The Hall–Kier alpha value is -3.21. The minimum Gasteiger partial charge on any atom is -0.390 e. The molecule has 37 heavy (non-hydrogen) atoms. The van der Waals surface area contributed by atoms with Crippen molar-refractivity contribution in [2.24, 2.45) is 13.0 Å². The molecule has 10 heteroatoms. The van der Waals surface area contributed by atoms with Gasteiger partial charge in [0, 0.05) is 25.5 Å². The van der Waals surface area contributed by atoms with Crippen molar-refractivity contribution in [3.63, 3.8) is 0 Å². The normalized spacial score (nSPS) is 18.3. The van der Waals surface area contributed by atoms with Crippen LogP contribution in [0.3, 0.4) is 0 Å². The second-order valence-electron chi connectivity index (χ2n) is 10.9. The van der Waals surface area contributed by atoms with Crippen molar-refractivity contribution in [1.82, 2.24) is 29.0 Å². The number of imidazole rings is 1. The van der Waals surface area contributed by atoms with E-state index in [2.05, 4.69) is 14.4 Å². The van der Waals surface area contributed by atoms with Gasteiger partial charge in [0.25, 0.3) is 0 Å². The van der Waals surface area contributed by atoms with Gasteiger partial charge in [-0.05, 0) is 57.8 Å². The highest BCUT2D eigenvalue weighted by molar-refractivity contribution is 5.88. The van der Waals surface area contributed by atoms with Crippen LogP contribution in [0.15, 0.2) is 30.3 Å². The molecule has 0 atom stereocenters. The number of aryl methyl sites for hydroxylation is 1. The second-order valence-corrected chi connectivity index (χ2v) is 10.9. The number of para-hydroxylation sites is 1. The van der Waals surface area contributed by atoms with Crippen LogP contribution in [0.25, 0.3) is 28.0 Å². The summed E-state index contributed by atoms with van der Waals surface area (Å²) in [6.45, 7) is 9.28. The van der Waals surface area contributed by atoms with Crippen molar-refractivity contribution in [1.29, 1.82) is 0 Å². The van der Waals surface area contributed by atoms with Crippen LogP contribution in [0.5, 0.6) is 0 Å². The fourth-order valence-corrected chi connectivity index (χ4v) is 5.71. The van der Waals surface area contributed by atoms with E-state index in [-0.39, 0.29) is 0 Å². The number of fused-ring (bicyclic) bond motifs is 2. The zero-order valence-electron chi connectivity index (χ0n) is 21.9. The van der Waals surface area contributed by atoms with E-state index in [0.29, 0.717) is 30.9 Å². The van der Waals surface area contributed by atoms with E-state index in [0.717, 1.165) is 79.3 Å². The maximum absolute atomic E-state index is 10.4. The quantitative estimate of drug-likeness (QED) is 0.427. The standard InChI is InChI=1S/C27H36N8O2/c1-27(2,36)19-8-10-33(11-9-19)17-22-29-23-24(32(22)3)30-26(31-25(23)34-12-14-37-15-13-34)35-20-7-5-4-6-18(20)16-21(35)28/h4-7,16,19,36H,8-15,17,28H2,1-3H3. The number of rotatable bonds is 5. The van der Waals surface area contributed by atoms with Crippen LogP contribution in [0.4, 0.5) is 11.6 Å². The number of aromatic nitrogens is 5. The van der Waals surface area contributed by atoms with Crippen molar-refractivity contribution in [2.75, 3.05) is 50.0 Å². The molecule has 6 rings (SSSR count). The molecule has 3 N–H and O–H groups in total. The summed E-state index contributed by atoms with van der Waals surface area (Å²) in [6, 6.07) is 10.1. The van der Waals surface area contributed by atoms with Gasteiger partial charge in [0.05, 0.1) is 30.9 Å². The van der Waals surface area contributed by atoms with Gasteiger partial charge in [-0.3, -0.25) is 9.47 Å². The Morgan fingerprint density at radius 3 is 2.51 bits per heavy atom. The summed E-state index contributed by atoms with van der Waals surface area (Å²) in [5.74, 6) is 3.26. The number of nitrogens with zero attached hydrogens (tertiary/aromatic N) is 7.